The first-order valence-corrected chi connectivity index (χ1v) is 12.6. The molecule has 0 saturated heterocycles. The van der Waals surface area contributed by atoms with Gasteiger partial charge < -0.3 is 4.74 Å². The van der Waals surface area contributed by atoms with Gasteiger partial charge >= 0.3 is 6.18 Å². The van der Waals surface area contributed by atoms with E-state index in [4.69, 9.17) is 4.74 Å². The number of anilines is 1. The van der Waals surface area contributed by atoms with E-state index in [1.54, 1.807) is 19.2 Å². The van der Waals surface area contributed by atoms with Crippen molar-refractivity contribution >= 4 is 15.7 Å². The van der Waals surface area contributed by atoms with Crippen LogP contribution in [0.3, 0.4) is 0 Å². The van der Waals surface area contributed by atoms with E-state index in [2.05, 4.69) is 14.8 Å². The number of pyridine rings is 1. The molecule has 7 nitrogen and oxygen atoms in total. The molecule has 2 aromatic carbocycles. The van der Waals surface area contributed by atoms with Crippen molar-refractivity contribution in [1.29, 1.82) is 0 Å². The van der Waals surface area contributed by atoms with Crippen molar-refractivity contribution in [1.82, 2.24) is 14.8 Å². The van der Waals surface area contributed by atoms with E-state index in [-0.39, 0.29) is 28.9 Å². The molecule has 1 aliphatic heterocycles. The molecule has 0 fully saturated rings. The van der Waals surface area contributed by atoms with E-state index >= 15 is 0 Å². The molecule has 0 saturated carbocycles. The summed E-state index contributed by atoms with van der Waals surface area (Å²) in [6.45, 7) is 0.220. The molecule has 192 valence electrons. The molecular formula is C25H20F4N4O3S. The Hall–Kier alpha value is -3.93. The van der Waals surface area contributed by atoms with Crippen LogP contribution in [0.15, 0.2) is 71.9 Å². The molecule has 37 heavy (non-hydrogen) atoms. The maximum atomic E-state index is 13.9. The summed E-state index contributed by atoms with van der Waals surface area (Å²) < 4.78 is 89.7. The van der Waals surface area contributed by atoms with Gasteiger partial charge in [-0.3, -0.25) is 9.40 Å². The largest absolute Gasteiger partial charge is 0.493 e. The zero-order valence-electron chi connectivity index (χ0n) is 19.3. The average Bonchev–Trinajstić information content (AvgIpc) is 3.29. The van der Waals surface area contributed by atoms with Gasteiger partial charge in [0.25, 0.3) is 10.0 Å². The fourth-order valence-corrected chi connectivity index (χ4v) is 5.49. The van der Waals surface area contributed by atoms with Gasteiger partial charge in [0, 0.05) is 42.6 Å². The van der Waals surface area contributed by atoms with Crippen LogP contribution in [0.2, 0.25) is 0 Å². The number of aromatic nitrogens is 3. The number of hydrogen-bond donors (Lipinski definition) is 1. The average molecular weight is 533 g/mol. The molecule has 0 spiro atoms. The third-order valence-electron chi connectivity index (χ3n) is 6.19. The highest BCUT2D eigenvalue weighted by molar-refractivity contribution is 7.92. The third-order valence-corrected chi connectivity index (χ3v) is 7.55. The monoisotopic (exact) mass is 532 g/mol. The van der Waals surface area contributed by atoms with Crippen LogP contribution in [0.5, 0.6) is 5.75 Å². The van der Waals surface area contributed by atoms with Crippen molar-refractivity contribution in [2.75, 3.05) is 11.3 Å². The number of halogens is 4. The Bertz CT molecular complexity index is 1590. The second kappa shape index (κ2) is 9.18. The lowest BCUT2D eigenvalue weighted by molar-refractivity contribution is -0.137. The van der Waals surface area contributed by atoms with Crippen LogP contribution in [0.1, 0.15) is 29.0 Å². The molecule has 0 aliphatic carbocycles. The molecule has 2 aromatic heterocycles. The van der Waals surface area contributed by atoms with Crippen LogP contribution in [-0.2, 0) is 23.2 Å². The minimum absolute atomic E-state index is 0.158. The summed E-state index contributed by atoms with van der Waals surface area (Å²) in [5, 5.41) is 4.10. The van der Waals surface area contributed by atoms with E-state index in [0.29, 0.717) is 28.8 Å². The summed E-state index contributed by atoms with van der Waals surface area (Å²) in [5.41, 5.74) is 1.06. The molecule has 5 rings (SSSR count). The highest BCUT2D eigenvalue weighted by Gasteiger charge is 2.34. The summed E-state index contributed by atoms with van der Waals surface area (Å²) in [6, 6.07) is 12.1. The quantitative estimate of drug-likeness (QED) is 0.277. The van der Waals surface area contributed by atoms with Crippen LogP contribution < -0.4 is 9.46 Å². The number of nitrogens with one attached hydrogen (secondary N) is 1. The number of alkyl halides is 3. The summed E-state index contributed by atoms with van der Waals surface area (Å²) in [5.74, 6) is -1.05. The lowest BCUT2D eigenvalue weighted by atomic mass is 9.83. The van der Waals surface area contributed by atoms with Gasteiger partial charge in [-0.2, -0.15) is 22.7 Å². The van der Waals surface area contributed by atoms with Crippen molar-refractivity contribution in [2.24, 2.45) is 7.05 Å². The summed E-state index contributed by atoms with van der Waals surface area (Å²) in [4.78, 5) is 3.27. The number of fused-ring (bicyclic) bond motifs is 1. The molecule has 0 bridgehead atoms. The maximum absolute atomic E-state index is 13.9. The number of nitrogens with zero attached hydrogens (tertiary/aromatic N) is 3. The first-order chi connectivity index (χ1) is 17.5. The van der Waals surface area contributed by atoms with E-state index < -0.39 is 27.7 Å². The standard InChI is InChI=1S/C25H20F4N4O3S/c1-33-22(8-11-31-33)20-13-15(25(27,28)29)4-6-17(20)18-9-12-36-23-14-16(5-7-19(18)23)37(34,35)32-21-3-2-10-30-24(21)26/h2-8,10-11,13-14,18,32H,9,12H2,1H3/t18-/m0/s1. The van der Waals surface area contributed by atoms with Gasteiger partial charge in [0.2, 0.25) is 5.95 Å². The van der Waals surface area contributed by atoms with Gasteiger partial charge in [-0.05, 0) is 48.4 Å². The predicted octanol–water partition coefficient (Wildman–Crippen LogP) is 5.36. The van der Waals surface area contributed by atoms with Crippen molar-refractivity contribution in [2.45, 2.75) is 23.4 Å². The number of hydrogen-bond acceptors (Lipinski definition) is 5. The Morgan fingerprint density at radius 1 is 1.05 bits per heavy atom. The van der Waals surface area contributed by atoms with Gasteiger partial charge in [0.1, 0.15) is 11.4 Å². The van der Waals surface area contributed by atoms with Gasteiger partial charge in [0.15, 0.2) is 0 Å². The molecule has 3 heterocycles. The van der Waals surface area contributed by atoms with Crippen LogP contribution in [0.4, 0.5) is 23.2 Å². The second-order valence-corrected chi connectivity index (χ2v) is 10.2. The molecule has 1 N–H and O–H groups in total. The first kappa shape index (κ1) is 24.8. The lowest BCUT2D eigenvalue weighted by Gasteiger charge is -2.29. The minimum atomic E-state index is -4.52. The topological polar surface area (TPSA) is 86.1 Å². The maximum Gasteiger partial charge on any atom is 0.416 e. The SMILES string of the molecule is Cn1nccc1-c1cc(C(F)(F)F)ccc1[C@@H]1CCOc2cc(S(=O)(=O)Nc3cccnc3F)ccc21. The Balaban J connectivity index is 1.56. The number of sulfonamides is 1. The first-order valence-electron chi connectivity index (χ1n) is 11.1. The zero-order valence-corrected chi connectivity index (χ0v) is 20.1. The highest BCUT2D eigenvalue weighted by atomic mass is 32.2. The fourth-order valence-electron chi connectivity index (χ4n) is 4.42. The molecule has 12 heteroatoms. The van der Waals surface area contributed by atoms with Crippen LogP contribution in [0, 0.1) is 5.95 Å². The van der Waals surface area contributed by atoms with E-state index in [0.717, 1.165) is 12.1 Å². The molecule has 0 amide bonds. The van der Waals surface area contributed by atoms with Gasteiger partial charge in [-0.1, -0.05) is 12.1 Å². The van der Waals surface area contributed by atoms with Gasteiger partial charge in [0.05, 0.1) is 22.8 Å². The smallest absolute Gasteiger partial charge is 0.416 e. The molecule has 4 aromatic rings. The Kier molecular flexibility index (Phi) is 6.14. The Morgan fingerprint density at radius 3 is 2.54 bits per heavy atom. The minimum Gasteiger partial charge on any atom is -0.493 e. The molecule has 0 radical (unpaired) electrons. The highest BCUT2D eigenvalue weighted by Crippen LogP contribution is 2.44. The molecule has 1 aliphatic rings. The number of ether oxygens (including phenoxy) is 1. The van der Waals surface area contributed by atoms with E-state index in [9.17, 15) is 26.0 Å². The number of aryl methyl sites for hydroxylation is 1. The summed E-state index contributed by atoms with van der Waals surface area (Å²) in [7, 11) is -2.52. The zero-order chi connectivity index (χ0) is 26.4. The van der Waals surface area contributed by atoms with Crippen molar-refractivity contribution in [3.63, 3.8) is 0 Å². The second-order valence-electron chi connectivity index (χ2n) is 8.48. The number of benzene rings is 2. The van der Waals surface area contributed by atoms with Crippen molar-refractivity contribution in [3.8, 4) is 17.0 Å². The lowest BCUT2D eigenvalue weighted by Crippen LogP contribution is -2.19. The van der Waals surface area contributed by atoms with Crippen molar-refractivity contribution in [3.05, 3.63) is 89.6 Å². The van der Waals surface area contributed by atoms with E-state index in [1.165, 1.54) is 47.4 Å². The Morgan fingerprint density at radius 2 is 1.84 bits per heavy atom. The molecular weight excluding hydrogens is 512 g/mol. The van der Waals surface area contributed by atoms with Gasteiger partial charge in [-0.15, -0.1) is 0 Å². The van der Waals surface area contributed by atoms with Crippen molar-refractivity contribution < 1.29 is 30.7 Å². The van der Waals surface area contributed by atoms with E-state index in [1.807, 2.05) is 0 Å². The van der Waals surface area contributed by atoms with Crippen LogP contribution in [0.25, 0.3) is 11.3 Å². The Labute approximate surface area is 209 Å². The summed E-state index contributed by atoms with van der Waals surface area (Å²) in [6.07, 6.45) is -1.36. The van der Waals surface area contributed by atoms with Gasteiger partial charge in [-0.25, -0.2) is 13.4 Å². The van der Waals surface area contributed by atoms with Crippen LogP contribution >= 0.6 is 0 Å². The molecule has 0 unspecified atom stereocenters. The predicted molar refractivity (Wildman–Crippen MR) is 127 cm³/mol. The van der Waals surface area contributed by atoms with Crippen LogP contribution in [-0.4, -0.2) is 29.8 Å². The third kappa shape index (κ3) is 4.76. The molecule has 1 atom stereocenters. The summed E-state index contributed by atoms with van der Waals surface area (Å²) >= 11 is 0. The fraction of sp³-hybridized carbons (Fsp3) is 0.200. The number of rotatable bonds is 5. The normalized spacial score (nSPS) is 15.6.